The zero-order chi connectivity index (χ0) is 19.9. The van der Waals surface area contributed by atoms with E-state index in [0.717, 1.165) is 0 Å². The SMILES string of the molecule is CC(=O)OCC1=C(C(=O)O[Si](C)(C)C)N2C(=O)C(N[Si](C)(C)C)[C@@H]2SC1. The van der Waals surface area contributed by atoms with Crippen molar-refractivity contribution in [3.05, 3.63) is 11.3 Å². The number of nitrogens with one attached hydrogen (secondary N) is 1. The quantitative estimate of drug-likeness (QED) is 0.402. The van der Waals surface area contributed by atoms with Crippen LogP contribution in [0.4, 0.5) is 0 Å². The molecule has 0 aromatic rings. The third kappa shape index (κ3) is 4.99. The Labute approximate surface area is 161 Å². The van der Waals surface area contributed by atoms with Crippen LogP contribution < -0.4 is 4.98 Å². The molecule has 0 spiro atoms. The second-order valence-corrected chi connectivity index (χ2v) is 18.8. The van der Waals surface area contributed by atoms with Gasteiger partial charge >= 0.3 is 11.9 Å². The van der Waals surface area contributed by atoms with Gasteiger partial charge in [0.2, 0.25) is 14.2 Å². The van der Waals surface area contributed by atoms with E-state index in [1.807, 2.05) is 19.6 Å². The zero-order valence-electron chi connectivity index (χ0n) is 16.5. The molecular weight excluding hydrogens is 388 g/mol. The van der Waals surface area contributed by atoms with Gasteiger partial charge < -0.3 is 14.1 Å². The molecule has 0 aromatic heterocycles. The van der Waals surface area contributed by atoms with Crippen molar-refractivity contribution in [3.8, 4) is 0 Å². The Hall–Kier alpha value is -1.11. The van der Waals surface area contributed by atoms with Crippen LogP contribution in [0.25, 0.3) is 0 Å². The number of carbonyl (C=O) groups excluding carboxylic acids is 3. The van der Waals surface area contributed by atoms with E-state index in [4.69, 9.17) is 9.16 Å². The summed E-state index contributed by atoms with van der Waals surface area (Å²) >= 11 is 1.58. The number of thioether (sulfide) groups is 1. The van der Waals surface area contributed by atoms with Gasteiger partial charge in [-0.25, -0.2) is 4.79 Å². The van der Waals surface area contributed by atoms with Crippen molar-refractivity contribution in [2.75, 3.05) is 12.4 Å². The molecule has 0 aromatic carbocycles. The topological polar surface area (TPSA) is 84.9 Å². The number of hydrogen-bond donors (Lipinski definition) is 1. The van der Waals surface area contributed by atoms with E-state index in [1.165, 1.54) is 11.8 Å². The van der Waals surface area contributed by atoms with Gasteiger partial charge in [0.25, 0.3) is 0 Å². The van der Waals surface area contributed by atoms with Crippen LogP contribution in [0.2, 0.25) is 39.3 Å². The molecule has 0 saturated carbocycles. The number of fused-ring (bicyclic) bond motifs is 1. The summed E-state index contributed by atoms with van der Waals surface area (Å²) in [5, 5.41) is -0.125. The average molecular weight is 417 g/mol. The van der Waals surface area contributed by atoms with Gasteiger partial charge in [-0.15, -0.1) is 11.8 Å². The maximum absolute atomic E-state index is 12.8. The van der Waals surface area contributed by atoms with Gasteiger partial charge in [0.05, 0.1) is 0 Å². The first-order chi connectivity index (χ1) is 11.8. The second kappa shape index (κ2) is 7.49. The standard InChI is InChI=1S/C16H28N2O5SSi2/c1-10(19)22-8-11-9-24-15-12(17-25(2,3)4)14(20)18(15)13(11)16(21)23-26(5,6)7/h12,15,17H,8-9H2,1-7H3/t12?,15-/m0/s1. The molecular formula is C16H28N2O5SSi2. The summed E-state index contributed by atoms with van der Waals surface area (Å²) in [7, 11) is -3.78. The molecule has 2 rings (SSSR count). The number of esters is 1. The molecule has 7 nitrogen and oxygen atoms in total. The van der Waals surface area contributed by atoms with Gasteiger partial charge in [0.15, 0.2) is 0 Å². The fourth-order valence-corrected chi connectivity index (χ4v) is 6.08. The monoisotopic (exact) mass is 416 g/mol. The van der Waals surface area contributed by atoms with Crippen molar-refractivity contribution < 1.29 is 23.5 Å². The maximum atomic E-state index is 12.8. The van der Waals surface area contributed by atoms with E-state index in [1.54, 1.807) is 11.8 Å². The van der Waals surface area contributed by atoms with Crippen molar-refractivity contribution in [1.82, 2.24) is 9.88 Å². The molecule has 26 heavy (non-hydrogen) atoms. The zero-order valence-corrected chi connectivity index (χ0v) is 19.3. The molecule has 1 N–H and O–H groups in total. The van der Waals surface area contributed by atoms with Gasteiger partial charge in [-0.05, 0) is 19.6 Å². The van der Waals surface area contributed by atoms with E-state index in [-0.39, 0.29) is 29.6 Å². The van der Waals surface area contributed by atoms with Gasteiger partial charge in [-0.3, -0.25) is 14.5 Å². The summed E-state index contributed by atoms with van der Waals surface area (Å²) in [6.45, 7) is 13.5. The first kappa shape index (κ1) is 21.2. The number of rotatable bonds is 6. The summed E-state index contributed by atoms with van der Waals surface area (Å²) in [4.78, 5) is 41.7. The van der Waals surface area contributed by atoms with E-state index < -0.39 is 28.5 Å². The number of nitrogens with zero attached hydrogens (tertiary/aromatic N) is 1. The summed E-state index contributed by atoms with van der Waals surface area (Å²) in [6.07, 6.45) is 0. The number of ether oxygens (including phenoxy) is 1. The summed E-state index contributed by atoms with van der Waals surface area (Å²) in [6, 6.07) is -0.281. The normalized spacial score (nSPS) is 23.3. The van der Waals surface area contributed by atoms with Crippen LogP contribution in [0.1, 0.15) is 6.92 Å². The van der Waals surface area contributed by atoms with Crippen molar-refractivity contribution in [3.63, 3.8) is 0 Å². The highest BCUT2D eigenvalue weighted by Crippen LogP contribution is 2.41. The highest BCUT2D eigenvalue weighted by Gasteiger charge is 2.54. The molecule has 1 amide bonds. The Bertz CT molecular complexity index is 654. The Morgan fingerprint density at radius 1 is 1.23 bits per heavy atom. The molecule has 146 valence electrons. The van der Waals surface area contributed by atoms with Crippen molar-refractivity contribution in [2.45, 2.75) is 57.6 Å². The maximum Gasteiger partial charge on any atom is 0.341 e. The fraction of sp³-hybridized carbons (Fsp3) is 0.688. The molecule has 0 bridgehead atoms. The lowest BCUT2D eigenvalue weighted by molar-refractivity contribution is -0.148. The lowest BCUT2D eigenvalue weighted by Gasteiger charge is -2.51. The van der Waals surface area contributed by atoms with Crippen LogP contribution in [-0.4, -0.2) is 63.1 Å². The Morgan fingerprint density at radius 2 is 1.85 bits per heavy atom. The Balaban J connectivity index is 2.30. The lowest BCUT2D eigenvalue weighted by atomic mass is 10.0. The minimum absolute atomic E-state index is 0.00107. The van der Waals surface area contributed by atoms with Crippen LogP contribution in [0.15, 0.2) is 11.3 Å². The van der Waals surface area contributed by atoms with Crippen molar-refractivity contribution >= 4 is 46.2 Å². The highest BCUT2D eigenvalue weighted by atomic mass is 32.2. The van der Waals surface area contributed by atoms with Crippen LogP contribution in [-0.2, 0) is 23.5 Å². The molecule has 2 atom stereocenters. The van der Waals surface area contributed by atoms with Gasteiger partial charge in [0, 0.05) is 18.2 Å². The van der Waals surface area contributed by atoms with Crippen molar-refractivity contribution in [1.29, 1.82) is 0 Å². The summed E-state index contributed by atoms with van der Waals surface area (Å²) < 4.78 is 10.7. The van der Waals surface area contributed by atoms with E-state index >= 15 is 0 Å². The van der Waals surface area contributed by atoms with Crippen LogP contribution in [0.3, 0.4) is 0 Å². The molecule has 0 radical (unpaired) electrons. The second-order valence-electron chi connectivity index (χ2n) is 8.52. The number of hydrogen-bond acceptors (Lipinski definition) is 7. The minimum atomic E-state index is -2.13. The third-order valence-electron chi connectivity index (χ3n) is 3.68. The molecule has 2 aliphatic heterocycles. The average Bonchev–Trinajstić information content (AvgIpc) is 2.46. The molecule has 10 heteroatoms. The first-order valence-corrected chi connectivity index (χ1v) is 16.6. The smallest absolute Gasteiger partial charge is 0.341 e. The van der Waals surface area contributed by atoms with Gasteiger partial charge in [0.1, 0.15) is 32.0 Å². The molecule has 1 saturated heterocycles. The molecule has 2 aliphatic rings. The number of β-lactam (4-membered cyclic amide) rings is 1. The highest BCUT2D eigenvalue weighted by molar-refractivity contribution is 8.00. The molecule has 0 aliphatic carbocycles. The van der Waals surface area contributed by atoms with E-state index in [9.17, 15) is 14.4 Å². The van der Waals surface area contributed by atoms with Crippen LogP contribution in [0.5, 0.6) is 0 Å². The lowest BCUT2D eigenvalue weighted by Crippen LogP contribution is -2.73. The van der Waals surface area contributed by atoms with Crippen molar-refractivity contribution in [2.24, 2.45) is 0 Å². The molecule has 2 heterocycles. The number of carbonyl (C=O) groups is 3. The largest absolute Gasteiger partial charge is 0.515 e. The Kier molecular flexibility index (Phi) is 6.11. The Morgan fingerprint density at radius 3 is 2.35 bits per heavy atom. The first-order valence-electron chi connectivity index (χ1n) is 8.61. The third-order valence-corrected chi connectivity index (χ3v) is 6.99. The predicted molar refractivity (Wildman–Crippen MR) is 106 cm³/mol. The van der Waals surface area contributed by atoms with Crippen LogP contribution >= 0.6 is 11.8 Å². The van der Waals surface area contributed by atoms with E-state index in [0.29, 0.717) is 11.3 Å². The molecule has 1 fully saturated rings. The van der Waals surface area contributed by atoms with Gasteiger partial charge in [-0.2, -0.15) is 0 Å². The van der Waals surface area contributed by atoms with Crippen LogP contribution in [0, 0.1) is 0 Å². The summed E-state index contributed by atoms with van der Waals surface area (Å²) in [5.74, 6) is -0.499. The van der Waals surface area contributed by atoms with E-state index in [2.05, 4.69) is 24.6 Å². The molecule has 1 unspecified atom stereocenters. The fourth-order valence-electron chi connectivity index (χ4n) is 2.76. The summed E-state index contributed by atoms with van der Waals surface area (Å²) in [5.41, 5.74) is 0.889. The van der Waals surface area contributed by atoms with Gasteiger partial charge in [-0.1, -0.05) is 19.6 Å². The number of amides is 1. The predicted octanol–water partition coefficient (Wildman–Crippen LogP) is 1.89. The minimum Gasteiger partial charge on any atom is -0.515 e.